The zero-order valence-electron chi connectivity index (χ0n) is 18.2. The van der Waals surface area contributed by atoms with Crippen LogP contribution in [0.5, 0.6) is 0 Å². The molecule has 0 aliphatic rings. The largest absolute Gasteiger partial charge is 0.413 e. The molecule has 0 amide bonds. The van der Waals surface area contributed by atoms with Gasteiger partial charge in [-0.2, -0.15) is 0 Å². The highest BCUT2D eigenvalue weighted by atomic mass is 28.4. The van der Waals surface area contributed by atoms with Gasteiger partial charge in [0.05, 0.1) is 25.9 Å². The van der Waals surface area contributed by atoms with Crippen LogP contribution in [0.2, 0.25) is 18.1 Å². The molecule has 1 rings (SSSR count). The van der Waals surface area contributed by atoms with Crippen molar-refractivity contribution in [1.82, 2.24) is 0 Å². The molecule has 3 nitrogen and oxygen atoms in total. The third kappa shape index (κ3) is 7.90. The minimum atomic E-state index is -1.72. The van der Waals surface area contributed by atoms with E-state index in [2.05, 4.69) is 52.8 Å². The smallest absolute Gasteiger partial charge is 0.192 e. The Balaban J connectivity index is 2.84. The van der Waals surface area contributed by atoms with Gasteiger partial charge in [-0.25, -0.2) is 0 Å². The van der Waals surface area contributed by atoms with Crippen LogP contribution in [0, 0.1) is 11.8 Å². The number of aliphatic hydroxyl groups is 1. The van der Waals surface area contributed by atoms with E-state index in [0.717, 1.165) is 23.7 Å². The Labute approximate surface area is 167 Å². The van der Waals surface area contributed by atoms with Crippen molar-refractivity contribution in [2.45, 2.75) is 72.4 Å². The van der Waals surface area contributed by atoms with E-state index in [1.165, 1.54) is 5.56 Å². The molecule has 0 bridgehead atoms. The lowest BCUT2D eigenvalue weighted by molar-refractivity contribution is 0.0204. The first kappa shape index (κ1) is 24.1. The van der Waals surface area contributed by atoms with Gasteiger partial charge in [0.2, 0.25) is 0 Å². The van der Waals surface area contributed by atoms with Gasteiger partial charge in [-0.15, -0.1) is 0 Å². The summed E-state index contributed by atoms with van der Waals surface area (Å²) in [6.07, 6.45) is 2.28. The molecule has 0 saturated carbocycles. The van der Waals surface area contributed by atoms with E-state index in [9.17, 15) is 5.11 Å². The molecule has 0 aliphatic carbocycles. The van der Waals surface area contributed by atoms with E-state index < -0.39 is 8.32 Å². The third-order valence-electron chi connectivity index (χ3n) is 5.69. The monoisotopic (exact) mass is 392 g/mol. The van der Waals surface area contributed by atoms with Crippen molar-refractivity contribution in [2.24, 2.45) is 11.8 Å². The van der Waals surface area contributed by atoms with Gasteiger partial charge < -0.3 is 14.3 Å². The van der Waals surface area contributed by atoms with Crippen LogP contribution < -0.4 is 0 Å². The Kier molecular flexibility index (Phi) is 11.2. The van der Waals surface area contributed by atoms with Crippen molar-refractivity contribution in [3.8, 4) is 0 Å². The minimum Gasteiger partial charge on any atom is -0.413 e. The van der Waals surface area contributed by atoms with Crippen LogP contribution in [-0.2, 0) is 15.8 Å². The van der Waals surface area contributed by atoms with E-state index >= 15 is 0 Å². The summed E-state index contributed by atoms with van der Waals surface area (Å²) in [7, 11) is -1.72. The van der Waals surface area contributed by atoms with Crippen molar-refractivity contribution in [3.05, 3.63) is 47.5 Å². The van der Waals surface area contributed by atoms with Crippen molar-refractivity contribution in [3.63, 3.8) is 0 Å². The van der Waals surface area contributed by atoms with Crippen molar-refractivity contribution >= 4 is 8.32 Å². The number of hydrogen-bond donors (Lipinski definition) is 1. The lowest BCUT2D eigenvalue weighted by Crippen LogP contribution is -2.45. The molecule has 4 heteroatoms. The Morgan fingerprint density at radius 2 is 1.67 bits per heavy atom. The molecular weight excluding hydrogens is 352 g/mol. The predicted octanol–water partition coefficient (Wildman–Crippen LogP) is 5.80. The van der Waals surface area contributed by atoms with E-state index in [4.69, 9.17) is 9.16 Å². The molecule has 3 atom stereocenters. The highest BCUT2D eigenvalue weighted by molar-refractivity contribution is 6.73. The molecular formula is C23H40O3Si. The van der Waals surface area contributed by atoms with Gasteiger partial charge in [0, 0.05) is 5.92 Å². The van der Waals surface area contributed by atoms with E-state index in [1.54, 1.807) is 0 Å². The standard InChI is InChI=1S/C23H40O3Si/c1-7-27(8-2,9-3)26-23(20(5)15-19(4)16-24)21(6)17-25-18-22-13-11-10-12-14-22/h10-15,20-21,23-24H,7-9,16-18H2,1-6H3/b19-15+/t20-,21+,23+/m0/s1. The Bertz CT molecular complexity index is 532. The average Bonchev–Trinajstić information content (AvgIpc) is 2.70. The first-order valence-electron chi connectivity index (χ1n) is 10.5. The van der Waals surface area contributed by atoms with Crippen LogP contribution in [0.25, 0.3) is 0 Å². The summed E-state index contributed by atoms with van der Waals surface area (Å²) in [4.78, 5) is 0. The maximum absolute atomic E-state index is 9.42. The first-order valence-corrected chi connectivity index (χ1v) is 13.0. The normalized spacial score (nSPS) is 16.2. The molecule has 1 aromatic carbocycles. The third-order valence-corrected chi connectivity index (χ3v) is 10.3. The number of rotatable bonds is 13. The molecule has 0 radical (unpaired) electrons. The van der Waals surface area contributed by atoms with Gasteiger partial charge in [-0.3, -0.25) is 0 Å². The van der Waals surface area contributed by atoms with Crippen LogP contribution in [0.1, 0.15) is 47.1 Å². The van der Waals surface area contributed by atoms with E-state index in [0.29, 0.717) is 19.1 Å². The quantitative estimate of drug-likeness (QED) is 0.340. The number of benzene rings is 1. The topological polar surface area (TPSA) is 38.7 Å². The van der Waals surface area contributed by atoms with Crippen LogP contribution in [0.4, 0.5) is 0 Å². The zero-order chi connectivity index (χ0) is 20.3. The fourth-order valence-corrected chi connectivity index (χ4v) is 6.68. The Hall–Kier alpha value is -0.943. The summed E-state index contributed by atoms with van der Waals surface area (Å²) in [5.74, 6) is 0.548. The van der Waals surface area contributed by atoms with Crippen molar-refractivity contribution in [1.29, 1.82) is 0 Å². The average molecular weight is 393 g/mol. The van der Waals surface area contributed by atoms with E-state index in [-0.39, 0.29) is 18.6 Å². The molecule has 0 aliphatic heterocycles. The van der Waals surface area contributed by atoms with Crippen LogP contribution >= 0.6 is 0 Å². The summed E-state index contributed by atoms with van der Waals surface area (Å²) in [5, 5.41) is 9.42. The molecule has 0 aromatic heterocycles. The van der Waals surface area contributed by atoms with Crippen LogP contribution in [0.3, 0.4) is 0 Å². The molecule has 0 saturated heterocycles. The zero-order valence-corrected chi connectivity index (χ0v) is 19.2. The second-order valence-corrected chi connectivity index (χ2v) is 12.6. The molecule has 0 spiro atoms. The summed E-state index contributed by atoms with van der Waals surface area (Å²) >= 11 is 0. The molecule has 1 aromatic rings. The Morgan fingerprint density at radius 1 is 1.07 bits per heavy atom. The van der Waals surface area contributed by atoms with Gasteiger partial charge >= 0.3 is 0 Å². The maximum atomic E-state index is 9.42. The molecule has 27 heavy (non-hydrogen) atoms. The number of hydrogen-bond acceptors (Lipinski definition) is 3. The van der Waals surface area contributed by atoms with Gasteiger partial charge in [0.25, 0.3) is 0 Å². The van der Waals surface area contributed by atoms with Gasteiger partial charge in [-0.05, 0) is 36.5 Å². The summed E-state index contributed by atoms with van der Waals surface area (Å²) < 4.78 is 12.9. The maximum Gasteiger partial charge on any atom is 0.192 e. The van der Waals surface area contributed by atoms with Crippen LogP contribution in [0.15, 0.2) is 42.0 Å². The predicted molar refractivity (Wildman–Crippen MR) is 117 cm³/mol. The fourth-order valence-electron chi connectivity index (χ4n) is 3.66. The molecule has 0 heterocycles. The molecule has 1 N–H and O–H groups in total. The minimum absolute atomic E-state index is 0.105. The van der Waals surface area contributed by atoms with Crippen molar-refractivity contribution < 1.29 is 14.3 Å². The lowest BCUT2D eigenvalue weighted by Gasteiger charge is -2.38. The summed E-state index contributed by atoms with van der Waals surface area (Å²) in [6.45, 7) is 14.6. The van der Waals surface area contributed by atoms with Gasteiger partial charge in [-0.1, -0.05) is 76.6 Å². The van der Waals surface area contributed by atoms with Gasteiger partial charge in [0.15, 0.2) is 8.32 Å². The number of aliphatic hydroxyl groups excluding tert-OH is 1. The molecule has 0 fully saturated rings. The van der Waals surface area contributed by atoms with Crippen LogP contribution in [-0.4, -0.2) is 32.7 Å². The second kappa shape index (κ2) is 12.5. The fraction of sp³-hybridized carbons (Fsp3) is 0.652. The molecule has 0 unspecified atom stereocenters. The Morgan fingerprint density at radius 3 is 2.19 bits per heavy atom. The SMILES string of the molecule is CC[Si](CC)(CC)O[C@@H]([C@H](C)COCc1ccccc1)[C@@H](C)/C=C(\C)CO. The second-order valence-electron chi connectivity index (χ2n) is 7.83. The lowest BCUT2D eigenvalue weighted by atomic mass is 9.92. The first-order chi connectivity index (χ1) is 12.9. The number of ether oxygens (including phenoxy) is 1. The summed E-state index contributed by atoms with van der Waals surface area (Å²) in [5.41, 5.74) is 2.20. The molecule has 154 valence electrons. The highest BCUT2D eigenvalue weighted by Crippen LogP contribution is 2.30. The van der Waals surface area contributed by atoms with Gasteiger partial charge in [0.1, 0.15) is 0 Å². The van der Waals surface area contributed by atoms with Crippen molar-refractivity contribution in [2.75, 3.05) is 13.2 Å². The highest BCUT2D eigenvalue weighted by Gasteiger charge is 2.35. The summed E-state index contributed by atoms with van der Waals surface area (Å²) in [6, 6.07) is 13.7. The van der Waals surface area contributed by atoms with E-state index in [1.807, 2.05) is 25.1 Å².